The molecule has 18 heavy (non-hydrogen) atoms. The Bertz CT molecular complexity index is 469. The first-order valence-electron chi connectivity index (χ1n) is 6.08. The third kappa shape index (κ3) is 5.40. The quantitative estimate of drug-likeness (QED) is 0.771. The van der Waals surface area contributed by atoms with Crippen molar-refractivity contribution in [3.05, 3.63) is 24.3 Å². The third-order valence-electron chi connectivity index (χ3n) is 2.58. The lowest BCUT2D eigenvalue weighted by Gasteiger charge is -2.09. The minimum Gasteiger partial charge on any atom is -0.490 e. The molecule has 0 saturated heterocycles. The largest absolute Gasteiger partial charge is 0.490 e. The van der Waals surface area contributed by atoms with Crippen molar-refractivity contribution in [3.63, 3.8) is 0 Å². The Kier molecular flexibility index (Phi) is 5.47. The summed E-state index contributed by atoms with van der Waals surface area (Å²) in [4.78, 5) is 0. The highest BCUT2D eigenvalue weighted by Gasteiger charge is 2.12. The molecule has 0 amide bonds. The summed E-state index contributed by atoms with van der Waals surface area (Å²) in [7, 11) is -3.03. The van der Waals surface area contributed by atoms with E-state index in [1.54, 1.807) is 18.2 Å². The van der Waals surface area contributed by atoms with Gasteiger partial charge in [-0.1, -0.05) is 26.0 Å². The molecule has 0 fully saturated rings. The average Bonchev–Trinajstić information content (AvgIpc) is 2.29. The lowest BCUT2D eigenvalue weighted by atomic mass is 10.2. The highest BCUT2D eigenvalue weighted by atomic mass is 32.2. The van der Waals surface area contributed by atoms with Gasteiger partial charge in [-0.2, -0.15) is 0 Å². The Morgan fingerprint density at radius 3 is 2.50 bits per heavy atom. The van der Waals surface area contributed by atoms with Gasteiger partial charge in [0, 0.05) is 0 Å². The number of ether oxygens (including phenoxy) is 1. The molecule has 102 valence electrons. The van der Waals surface area contributed by atoms with Crippen LogP contribution in [0.1, 0.15) is 20.3 Å². The van der Waals surface area contributed by atoms with Gasteiger partial charge in [0.15, 0.2) is 9.84 Å². The first-order chi connectivity index (χ1) is 8.41. The predicted octanol–water partition coefficient (Wildman–Crippen LogP) is 2.11. The lowest BCUT2D eigenvalue weighted by Crippen LogP contribution is -2.18. The van der Waals surface area contributed by atoms with Gasteiger partial charge in [-0.3, -0.25) is 0 Å². The van der Waals surface area contributed by atoms with Crippen molar-refractivity contribution in [1.29, 1.82) is 0 Å². The minimum atomic E-state index is -3.03. The van der Waals surface area contributed by atoms with Gasteiger partial charge in [0.1, 0.15) is 12.4 Å². The summed E-state index contributed by atoms with van der Waals surface area (Å²) in [5.74, 6) is 1.19. The molecule has 0 aromatic heterocycles. The zero-order valence-corrected chi connectivity index (χ0v) is 11.7. The number of hydrogen-bond donors (Lipinski definition) is 1. The van der Waals surface area contributed by atoms with Gasteiger partial charge in [-0.15, -0.1) is 0 Å². The molecule has 0 atom stereocenters. The second kappa shape index (κ2) is 6.64. The molecule has 0 aliphatic heterocycles. The summed E-state index contributed by atoms with van der Waals surface area (Å²) in [5.41, 5.74) is 6.22. The number of anilines is 1. The number of hydrogen-bond acceptors (Lipinski definition) is 4. The number of rotatable bonds is 7. The van der Waals surface area contributed by atoms with Crippen LogP contribution in [-0.2, 0) is 9.84 Å². The van der Waals surface area contributed by atoms with Gasteiger partial charge < -0.3 is 10.5 Å². The van der Waals surface area contributed by atoms with Gasteiger partial charge in [-0.25, -0.2) is 8.42 Å². The maximum Gasteiger partial charge on any atom is 0.153 e. The smallest absolute Gasteiger partial charge is 0.153 e. The molecule has 4 nitrogen and oxygen atoms in total. The van der Waals surface area contributed by atoms with Crippen molar-refractivity contribution in [1.82, 2.24) is 0 Å². The minimum absolute atomic E-state index is 0.0358. The van der Waals surface area contributed by atoms with Crippen LogP contribution in [0.25, 0.3) is 0 Å². The molecule has 0 spiro atoms. The first kappa shape index (κ1) is 14.8. The van der Waals surface area contributed by atoms with E-state index in [4.69, 9.17) is 10.5 Å². The summed E-state index contributed by atoms with van der Waals surface area (Å²) < 4.78 is 28.8. The van der Waals surface area contributed by atoms with E-state index >= 15 is 0 Å². The number of para-hydroxylation sites is 2. The van der Waals surface area contributed by atoms with E-state index in [-0.39, 0.29) is 18.1 Å². The van der Waals surface area contributed by atoms with Crippen LogP contribution in [0.5, 0.6) is 5.75 Å². The Labute approximate surface area is 109 Å². The van der Waals surface area contributed by atoms with Crippen LogP contribution in [0.3, 0.4) is 0 Å². The van der Waals surface area contributed by atoms with Gasteiger partial charge in [0.2, 0.25) is 0 Å². The molecular formula is C13H21NO3S. The molecule has 0 aliphatic rings. The molecule has 0 bridgehead atoms. The zero-order valence-electron chi connectivity index (χ0n) is 10.9. The van der Waals surface area contributed by atoms with Crippen LogP contribution in [0.4, 0.5) is 5.69 Å². The SMILES string of the molecule is CC(C)CCS(=O)(=O)CCOc1ccccc1N. The van der Waals surface area contributed by atoms with E-state index in [1.807, 2.05) is 19.9 Å². The standard InChI is InChI=1S/C13H21NO3S/c1-11(2)7-9-18(15,16)10-8-17-13-6-4-3-5-12(13)14/h3-6,11H,7-10,14H2,1-2H3. The Morgan fingerprint density at radius 1 is 1.22 bits per heavy atom. The molecule has 1 aromatic carbocycles. The molecule has 0 unspecified atom stereocenters. The molecule has 5 heteroatoms. The van der Waals surface area contributed by atoms with Crippen molar-refractivity contribution in [3.8, 4) is 5.75 Å². The fraction of sp³-hybridized carbons (Fsp3) is 0.538. The number of benzene rings is 1. The van der Waals surface area contributed by atoms with Crippen LogP contribution in [0, 0.1) is 5.92 Å². The van der Waals surface area contributed by atoms with Crippen molar-refractivity contribution in [2.75, 3.05) is 23.8 Å². The summed E-state index contributed by atoms with van der Waals surface area (Å²) >= 11 is 0. The summed E-state index contributed by atoms with van der Waals surface area (Å²) in [6.07, 6.45) is 0.690. The zero-order chi connectivity index (χ0) is 13.6. The predicted molar refractivity (Wildman–Crippen MR) is 74.5 cm³/mol. The maximum atomic E-state index is 11.7. The molecule has 2 N–H and O–H groups in total. The molecular weight excluding hydrogens is 250 g/mol. The number of sulfone groups is 1. The van der Waals surface area contributed by atoms with Crippen LogP contribution in [-0.4, -0.2) is 26.5 Å². The molecule has 0 radical (unpaired) electrons. The highest BCUT2D eigenvalue weighted by Crippen LogP contribution is 2.19. The van der Waals surface area contributed by atoms with Crippen molar-refractivity contribution >= 4 is 15.5 Å². The molecule has 1 aromatic rings. The van der Waals surface area contributed by atoms with E-state index < -0.39 is 9.84 Å². The number of nitrogens with two attached hydrogens (primary N) is 1. The number of nitrogen functional groups attached to an aromatic ring is 1. The molecule has 0 aliphatic carbocycles. The average molecular weight is 271 g/mol. The van der Waals surface area contributed by atoms with Crippen molar-refractivity contribution in [2.24, 2.45) is 5.92 Å². The molecule has 1 rings (SSSR count). The van der Waals surface area contributed by atoms with Crippen molar-refractivity contribution < 1.29 is 13.2 Å². The first-order valence-corrected chi connectivity index (χ1v) is 7.90. The van der Waals surface area contributed by atoms with Gasteiger partial charge in [0.25, 0.3) is 0 Å². The van der Waals surface area contributed by atoms with Gasteiger partial charge in [-0.05, 0) is 24.5 Å². The van der Waals surface area contributed by atoms with Crippen molar-refractivity contribution in [2.45, 2.75) is 20.3 Å². The van der Waals surface area contributed by atoms with Crippen LogP contribution < -0.4 is 10.5 Å². The second-order valence-corrected chi connectivity index (χ2v) is 7.02. The Balaban J connectivity index is 2.40. The van der Waals surface area contributed by atoms with Crippen LogP contribution >= 0.6 is 0 Å². The van der Waals surface area contributed by atoms with E-state index in [9.17, 15) is 8.42 Å². The topological polar surface area (TPSA) is 69.4 Å². The molecule has 0 saturated carbocycles. The fourth-order valence-electron chi connectivity index (χ4n) is 1.41. The van der Waals surface area contributed by atoms with E-state index in [2.05, 4.69) is 0 Å². The highest BCUT2D eigenvalue weighted by molar-refractivity contribution is 7.91. The molecule has 0 heterocycles. The van der Waals surface area contributed by atoms with Crippen LogP contribution in [0.15, 0.2) is 24.3 Å². The van der Waals surface area contributed by atoms with E-state index in [1.165, 1.54) is 0 Å². The summed E-state index contributed by atoms with van der Waals surface area (Å²) in [5, 5.41) is 0. The fourth-order valence-corrected chi connectivity index (χ4v) is 2.78. The Hall–Kier alpha value is -1.23. The van der Waals surface area contributed by atoms with Gasteiger partial charge in [0.05, 0.1) is 17.2 Å². The normalized spacial score (nSPS) is 11.7. The second-order valence-electron chi connectivity index (χ2n) is 4.72. The van der Waals surface area contributed by atoms with Gasteiger partial charge >= 0.3 is 0 Å². The van der Waals surface area contributed by atoms with E-state index in [0.717, 1.165) is 0 Å². The Morgan fingerprint density at radius 2 is 1.89 bits per heavy atom. The third-order valence-corrected chi connectivity index (χ3v) is 4.22. The maximum absolute atomic E-state index is 11.7. The van der Waals surface area contributed by atoms with E-state index in [0.29, 0.717) is 23.8 Å². The summed E-state index contributed by atoms with van der Waals surface area (Å²) in [6, 6.07) is 7.07. The monoisotopic (exact) mass is 271 g/mol. The van der Waals surface area contributed by atoms with Crippen LogP contribution in [0.2, 0.25) is 0 Å². The lowest BCUT2D eigenvalue weighted by molar-refractivity contribution is 0.342. The summed E-state index contributed by atoms with van der Waals surface area (Å²) in [6.45, 7) is 4.17.